The molecule has 0 spiro atoms. The molecule has 56 heavy (non-hydrogen) atoms. The van der Waals surface area contributed by atoms with Crippen LogP contribution in [0.1, 0.15) is 206 Å². The van der Waals surface area contributed by atoms with E-state index in [1.807, 2.05) is 6.08 Å². The van der Waals surface area contributed by atoms with Gasteiger partial charge in [0.05, 0.1) is 18.8 Å². The average Bonchev–Trinajstić information content (AvgIpc) is 3.20. The standard InChI is InChI=1S/C52H89NO3/c1-3-5-7-9-11-13-15-17-18-19-20-21-22-23-24-25-26-27-28-29-30-31-32-33-34-36-38-40-42-44-46-48-52(56)53-50(49-54)51(55)47-45-43-41-39-37-35-16-14-12-10-8-6-4-2/h5,7,11,13,17-18,20-21,23-24,26-27,29-30,45,47,50-51,54-55H,3-4,6,8-10,12,14-16,19,22,25,28,31-44,46,48-49H2,1-2H3,(H,53,56)/b7-5-,13-11-,18-17-,21-20-,24-23-,27-26-,30-29-,47-45+. The molecule has 0 saturated heterocycles. The molecule has 0 radical (unpaired) electrons. The third-order valence-electron chi connectivity index (χ3n) is 10.1. The van der Waals surface area contributed by atoms with Crippen molar-refractivity contribution < 1.29 is 15.0 Å². The van der Waals surface area contributed by atoms with Crippen LogP contribution in [0.3, 0.4) is 0 Å². The summed E-state index contributed by atoms with van der Waals surface area (Å²) in [5, 5.41) is 23.0. The maximum atomic E-state index is 12.4. The Bertz CT molecular complexity index is 1060. The first-order chi connectivity index (χ1) is 27.7. The van der Waals surface area contributed by atoms with Gasteiger partial charge in [-0.15, -0.1) is 0 Å². The lowest BCUT2D eigenvalue weighted by Gasteiger charge is -2.20. The van der Waals surface area contributed by atoms with Crippen LogP contribution < -0.4 is 5.32 Å². The molecule has 1 amide bonds. The number of allylic oxidation sites excluding steroid dienone is 15. The first-order valence-electron chi connectivity index (χ1n) is 23.5. The van der Waals surface area contributed by atoms with E-state index in [4.69, 9.17) is 0 Å². The van der Waals surface area contributed by atoms with Crippen molar-refractivity contribution in [3.63, 3.8) is 0 Å². The zero-order valence-corrected chi connectivity index (χ0v) is 36.6. The number of carbonyl (C=O) groups excluding carboxylic acids is 1. The highest BCUT2D eigenvalue weighted by Crippen LogP contribution is 2.14. The maximum absolute atomic E-state index is 12.4. The number of aliphatic hydroxyl groups is 2. The molecule has 0 aliphatic heterocycles. The van der Waals surface area contributed by atoms with Gasteiger partial charge in [0.25, 0.3) is 0 Å². The van der Waals surface area contributed by atoms with Crippen LogP contribution in [0.4, 0.5) is 0 Å². The molecule has 0 aliphatic carbocycles. The van der Waals surface area contributed by atoms with Crippen molar-refractivity contribution in [1.29, 1.82) is 0 Å². The predicted octanol–water partition coefficient (Wildman–Crippen LogP) is 15.0. The van der Waals surface area contributed by atoms with E-state index < -0.39 is 12.1 Å². The monoisotopic (exact) mass is 776 g/mol. The minimum atomic E-state index is -0.846. The second-order valence-electron chi connectivity index (χ2n) is 15.4. The molecule has 0 heterocycles. The van der Waals surface area contributed by atoms with Gasteiger partial charge in [-0.2, -0.15) is 0 Å². The molecular formula is C52H89NO3. The number of hydrogen-bond donors (Lipinski definition) is 3. The molecule has 0 aromatic carbocycles. The largest absolute Gasteiger partial charge is 0.394 e. The minimum Gasteiger partial charge on any atom is -0.394 e. The van der Waals surface area contributed by atoms with Crippen LogP contribution in [-0.4, -0.2) is 34.9 Å². The number of carbonyl (C=O) groups is 1. The Morgan fingerprint density at radius 3 is 1.18 bits per heavy atom. The van der Waals surface area contributed by atoms with Gasteiger partial charge < -0.3 is 15.5 Å². The molecule has 4 heteroatoms. The van der Waals surface area contributed by atoms with E-state index in [0.717, 1.165) is 70.6 Å². The van der Waals surface area contributed by atoms with Crippen molar-refractivity contribution in [2.45, 2.75) is 219 Å². The van der Waals surface area contributed by atoms with Crippen LogP contribution in [0.25, 0.3) is 0 Å². The third-order valence-corrected chi connectivity index (χ3v) is 10.1. The van der Waals surface area contributed by atoms with Gasteiger partial charge in [0, 0.05) is 6.42 Å². The Balaban J connectivity index is 3.62. The number of rotatable bonds is 41. The number of aliphatic hydroxyl groups excluding tert-OH is 2. The van der Waals surface area contributed by atoms with Crippen molar-refractivity contribution in [3.8, 4) is 0 Å². The average molecular weight is 776 g/mol. The molecule has 0 saturated carbocycles. The number of unbranched alkanes of at least 4 members (excludes halogenated alkanes) is 20. The van der Waals surface area contributed by atoms with Gasteiger partial charge in [-0.25, -0.2) is 0 Å². The lowest BCUT2D eigenvalue weighted by molar-refractivity contribution is -0.123. The lowest BCUT2D eigenvalue weighted by atomic mass is 10.0. The van der Waals surface area contributed by atoms with Gasteiger partial charge in [-0.1, -0.05) is 220 Å². The quantitative estimate of drug-likeness (QED) is 0.0428. The van der Waals surface area contributed by atoms with Crippen LogP contribution in [0.2, 0.25) is 0 Å². The van der Waals surface area contributed by atoms with Crippen molar-refractivity contribution in [2.24, 2.45) is 0 Å². The summed E-state index contributed by atoms with van der Waals surface area (Å²) in [7, 11) is 0. The highest BCUT2D eigenvalue weighted by atomic mass is 16.3. The minimum absolute atomic E-state index is 0.0757. The fraction of sp³-hybridized carbons (Fsp3) is 0.673. The normalized spacial score (nSPS) is 13.9. The van der Waals surface area contributed by atoms with E-state index in [9.17, 15) is 15.0 Å². The molecular weight excluding hydrogens is 687 g/mol. The van der Waals surface area contributed by atoms with Gasteiger partial charge in [-0.05, 0) is 77.0 Å². The van der Waals surface area contributed by atoms with Gasteiger partial charge >= 0.3 is 0 Å². The summed E-state index contributed by atoms with van der Waals surface area (Å²) in [6.07, 6.45) is 69.5. The Morgan fingerprint density at radius 1 is 0.446 bits per heavy atom. The van der Waals surface area contributed by atoms with Gasteiger partial charge in [0.1, 0.15) is 0 Å². The van der Waals surface area contributed by atoms with Crippen molar-refractivity contribution in [1.82, 2.24) is 5.32 Å². The Kier molecular flexibility index (Phi) is 44.4. The third kappa shape index (κ3) is 42.5. The van der Waals surface area contributed by atoms with Crippen LogP contribution in [0.15, 0.2) is 97.2 Å². The molecule has 2 unspecified atom stereocenters. The van der Waals surface area contributed by atoms with Crippen molar-refractivity contribution in [3.05, 3.63) is 97.2 Å². The van der Waals surface area contributed by atoms with Gasteiger partial charge in [0.2, 0.25) is 5.91 Å². The first-order valence-corrected chi connectivity index (χ1v) is 23.5. The summed E-state index contributed by atoms with van der Waals surface area (Å²) in [6, 6.07) is -0.630. The van der Waals surface area contributed by atoms with Crippen molar-refractivity contribution in [2.75, 3.05) is 6.61 Å². The van der Waals surface area contributed by atoms with Crippen LogP contribution in [0, 0.1) is 0 Å². The molecule has 0 aromatic heterocycles. The summed E-state index contributed by atoms with van der Waals surface area (Å²) in [4.78, 5) is 12.4. The van der Waals surface area contributed by atoms with Crippen LogP contribution in [0.5, 0.6) is 0 Å². The van der Waals surface area contributed by atoms with E-state index in [-0.39, 0.29) is 12.5 Å². The van der Waals surface area contributed by atoms with E-state index in [2.05, 4.69) is 104 Å². The summed E-state index contributed by atoms with van der Waals surface area (Å²) < 4.78 is 0. The molecule has 0 aromatic rings. The first kappa shape index (κ1) is 53.3. The molecule has 320 valence electrons. The highest BCUT2D eigenvalue weighted by molar-refractivity contribution is 5.76. The van der Waals surface area contributed by atoms with E-state index in [1.165, 1.54) is 116 Å². The molecule has 0 rings (SSSR count). The molecule has 2 atom stereocenters. The predicted molar refractivity (Wildman–Crippen MR) is 248 cm³/mol. The number of hydrogen-bond acceptors (Lipinski definition) is 3. The molecule has 0 bridgehead atoms. The second kappa shape index (κ2) is 46.7. The summed E-state index contributed by atoms with van der Waals surface area (Å²) >= 11 is 0. The summed E-state index contributed by atoms with van der Waals surface area (Å²) in [5.41, 5.74) is 0. The van der Waals surface area contributed by atoms with Crippen molar-refractivity contribution >= 4 is 5.91 Å². The van der Waals surface area contributed by atoms with E-state index in [1.54, 1.807) is 6.08 Å². The van der Waals surface area contributed by atoms with E-state index in [0.29, 0.717) is 6.42 Å². The molecule has 4 nitrogen and oxygen atoms in total. The summed E-state index contributed by atoms with van der Waals surface area (Å²) in [6.45, 7) is 4.18. The molecule has 0 fully saturated rings. The Hall–Kier alpha value is -2.69. The topological polar surface area (TPSA) is 69.6 Å². The molecule has 0 aliphatic rings. The zero-order chi connectivity index (χ0) is 40.7. The number of amides is 1. The van der Waals surface area contributed by atoms with Crippen LogP contribution in [-0.2, 0) is 4.79 Å². The Morgan fingerprint density at radius 2 is 0.786 bits per heavy atom. The second-order valence-corrected chi connectivity index (χ2v) is 15.4. The van der Waals surface area contributed by atoms with Gasteiger partial charge in [-0.3, -0.25) is 4.79 Å². The van der Waals surface area contributed by atoms with Crippen LogP contribution >= 0.6 is 0 Å². The fourth-order valence-electron chi connectivity index (χ4n) is 6.51. The fourth-order valence-corrected chi connectivity index (χ4v) is 6.51. The Labute approximate surface area is 347 Å². The molecule has 3 N–H and O–H groups in total. The number of nitrogens with one attached hydrogen (secondary N) is 1. The summed E-state index contributed by atoms with van der Waals surface area (Å²) in [5.74, 6) is -0.0757. The van der Waals surface area contributed by atoms with Gasteiger partial charge in [0.15, 0.2) is 0 Å². The SMILES string of the molecule is CC/C=C\C/C=C\C/C=C\C/C=C\C/C=C\C/C=C\C/C=C\CCCCCCCCCCCC(=O)NC(CO)C(O)/C=C/CCCCCCCCCCCCC. The smallest absolute Gasteiger partial charge is 0.220 e. The zero-order valence-electron chi connectivity index (χ0n) is 36.6. The van der Waals surface area contributed by atoms with E-state index >= 15 is 0 Å². The maximum Gasteiger partial charge on any atom is 0.220 e. The highest BCUT2D eigenvalue weighted by Gasteiger charge is 2.17. The lowest BCUT2D eigenvalue weighted by Crippen LogP contribution is -2.45.